The maximum Gasteiger partial charge on any atom is 0.343 e. The molecule has 0 unspecified atom stereocenters. The van der Waals surface area contributed by atoms with E-state index in [0.29, 0.717) is 26.1 Å². The van der Waals surface area contributed by atoms with Gasteiger partial charge < -0.3 is 9.84 Å². The standard InChI is InChI=1S/C8H13N3O3/c12-7-10-9-6-11(7)5-8(13)1-3-14-4-2-8/h6,13H,1-5H2,(H,10,12). The van der Waals surface area contributed by atoms with Gasteiger partial charge in [-0.05, 0) is 0 Å². The first-order chi connectivity index (χ1) is 6.70. The fourth-order valence-corrected chi connectivity index (χ4v) is 1.61. The van der Waals surface area contributed by atoms with Gasteiger partial charge in [0, 0.05) is 26.1 Å². The highest BCUT2D eigenvalue weighted by atomic mass is 16.5. The van der Waals surface area contributed by atoms with Crippen LogP contribution in [0.25, 0.3) is 0 Å². The third-order valence-electron chi connectivity index (χ3n) is 2.51. The molecule has 2 N–H and O–H groups in total. The molecule has 1 fully saturated rings. The van der Waals surface area contributed by atoms with Crippen molar-refractivity contribution in [2.24, 2.45) is 0 Å². The Bertz CT molecular complexity index is 351. The molecule has 0 saturated carbocycles. The van der Waals surface area contributed by atoms with Gasteiger partial charge in [-0.15, -0.1) is 0 Å². The molecule has 1 aliphatic heterocycles. The Hall–Kier alpha value is -1.14. The van der Waals surface area contributed by atoms with E-state index in [9.17, 15) is 9.90 Å². The predicted molar refractivity (Wildman–Crippen MR) is 47.9 cm³/mol. The number of aromatic amines is 1. The number of hydrogen-bond donors (Lipinski definition) is 2. The minimum absolute atomic E-state index is 0.283. The van der Waals surface area contributed by atoms with Crippen LogP contribution in [0.15, 0.2) is 11.1 Å². The van der Waals surface area contributed by atoms with Crippen molar-refractivity contribution < 1.29 is 9.84 Å². The first-order valence-corrected chi connectivity index (χ1v) is 4.60. The summed E-state index contributed by atoms with van der Waals surface area (Å²) in [5.74, 6) is 0. The summed E-state index contributed by atoms with van der Waals surface area (Å²) in [4.78, 5) is 11.1. The largest absolute Gasteiger partial charge is 0.388 e. The molecule has 6 heteroatoms. The summed E-state index contributed by atoms with van der Waals surface area (Å²) in [5, 5.41) is 16.0. The number of H-pyrrole nitrogens is 1. The van der Waals surface area contributed by atoms with E-state index in [4.69, 9.17) is 4.74 Å². The van der Waals surface area contributed by atoms with E-state index in [1.54, 1.807) is 0 Å². The van der Waals surface area contributed by atoms with Crippen LogP contribution in [0.3, 0.4) is 0 Å². The van der Waals surface area contributed by atoms with Crippen molar-refractivity contribution in [2.75, 3.05) is 13.2 Å². The van der Waals surface area contributed by atoms with Crippen molar-refractivity contribution in [3.8, 4) is 0 Å². The van der Waals surface area contributed by atoms with E-state index >= 15 is 0 Å². The van der Waals surface area contributed by atoms with Crippen LogP contribution in [-0.2, 0) is 11.3 Å². The Morgan fingerprint density at radius 2 is 2.36 bits per heavy atom. The van der Waals surface area contributed by atoms with E-state index < -0.39 is 5.60 Å². The topological polar surface area (TPSA) is 80.1 Å². The molecular weight excluding hydrogens is 186 g/mol. The first kappa shape index (κ1) is 9.42. The second kappa shape index (κ2) is 3.55. The van der Waals surface area contributed by atoms with E-state index in [1.165, 1.54) is 10.9 Å². The molecule has 0 aromatic carbocycles. The Morgan fingerprint density at radius 1 is 1.64 bits per heavy atom. The number of ether oxygens (including phenoxy) is 1. The molecule has 2 rings (SSSR count). The molecule has 78 valence electrons. The average Bonchev–Trinajstić information content (AvgIpc) is 2.52. The first-order valence-electron chi connectivity index (χ1n) is 4.60. The molecule has 6 nitrogen and oxygen atoms in total. The van der Waals surface area contributed by atoms with Gasteiger partial charge in [0.1, 0.15) is 6.33 Å². The predicted octanol–water partition coefficient (Wildman–Crippen LogP) is -0.887. The maximum atomic E-state index is 11.1. The van der Waals surface area contributed by atoms with E-state index in [0.717, 1.165) is 0 Å². The van der Waals surface area contributed by atoms with Crippen LogP contribution in [0.2, 0.25) is 0 Å². The number of hydrogen-bond acceptors (Lipinski definition) is 4. The number of nitrogens with zero attached hydrogens (tertiary/aromatic N) is 2. The van der Waals surface area contributed by atoms with Crippen LogP contribution in [0, 0.1) is 0 Å². The highest BCUT2D eigenvalue weighted by molar-refractivity contribution is 4.82. The summed E-state index contributed by atoms with van der Waals surface area (Å²) in [7, 11) is 0. The van der Waals surface area contributed by atoms with Gasteiger partial charge in [0.2, 0.25) is 0 Å². The number of rotatable bonds is 2. The highest BCUT2D eigenvalue weighted by Crippen LogP contribution is 2.21. The van der Waals surface area contributed by atoms with Crippen LogP contribution in [-0.4, -0.2) is 38.7 Å². The zero-order valence-electron chi connectivity index (χ0n) is 7.77. The van der Waals surface area contributed by atoms with Crippen LogP contribution in [0.1, 0.15) is 12.8 Å². The zero-order valence-corrected chi connectivity index (χ0v) is 7.77. The Balaban J connectivity index is 2.09. The summed E-state index contributed by atoms with van der Waals surface area (Å²) in [6.07, 6.45) is 2.52. The Morgan fingerprint density at radius 3 is 2.93 bits per heavy atom. The fraction of sp³-hybridized carbons (Fsp3) is 0.750. The van der Waals surface area contributed by atoms with Gasteiger partial charge in [-0.3, -0.25) is 4.57 Å². The normalized spacial score (nSPS) is 20.9. The fourth-order valence-electron chi connectivity index (χ4n) is 1.61. The van der Waals surface area contributed by atoms with Crippen molar-refractivity contribution in [1.29, 1.82) is 0 Å². The molecule has 14 heavy (non-hydrogen) atoms. The van der Waals surface area contributed by atoms with Crippen LogP contribution >= 0.6 is 0 Å². The molecule has 1 aliphatic rings. The lowest BCUT2D eigenvalue weighted by molar-refractivity contribution is -0.0732. The van der Waals surface area contributed by atoms with Gasteiger partial charge >= 0.3 is 5.69 Å². The van der Waals surface area contributed by atoms with Gasteiger partial charge in [0.05, 0.1) is 12.1 Å². The second-order valence-electron chi connectivity index (χ2n) is 3.63. The lowest BCUT2D eigenvalue weighted by Crippen LogP contribution is -2.42. The molecule has 0 radical (unpaired) electrons. The number of nitrogens with one attached hydrogen (secondary N) is 1. The third kappa shape index (κ3) is 1.85. The van der Waals surface area contributed by atoms with E-state index in [2.05, 4.69) is 10.2 Å². The molecule has 2 heterocycles. The molecule has 1 saturated heterocycles. The molecule has 0 atom stereocenters. The van der Waals surface area contributed by atoms with Gasteiger partial charge in [-0.25, -0.2) is 9.89 Å². The lowest BCUT2D eigenvalue weighted by atomic mass is 9.94. The van der Waals surface area contributed by atoms with Gasteiger partial charge in [0.25, 0.3) is 0 Å². The highest BCUT2D eigenvalue weighted by Gasteiger charge is 2.30. The monoisotopic (exact) mass is 199 g/mol. The molecule has 0 amide bonds. The van der Waals surface area contributed by atoms with Crippen LogP contribution in [0.4, 0.5) is 0 Å². The van der Waals surface area contributed by atoms with E-state index in [-0.39, 0.29) is 12.2 Å². The number of aliphatic hydroxyl groups is 1. The van der Waals surface area contributed by atoms with Crippen molar-refractivity contribution in [3.05, 3.63) is 16.8 Å². The summed E-state index contributed by atoms with van der Waals surface area (Å²) in [6.45, 7) is 1.37. The summed E-state index contributed by atoms with van der Waals surface area (Å²) in [6, 6.07) is 0. The molecule has 0 spiro atoms. The van der Waals surface area contributed by atoms with Crippen molar-refractivity contribution in [3.63, 3.8) is 0 Å². The van der Waals surface area contributed by atoms with Gasteiger partial charge in [-0.2, -0.15) is 5.10 Å². The van der Waals surface area contributed by atoms with Gasteiger partial charge in [-0.1, -0.05) is 0 Å². The second-order valence-corrected chi connectivity index (χ2v) is 3.63. The zero-order chi connectivity index (χ0) is 10.0. The van der Waals surface area contributed by atoms with Crippen molar-refractivity contribution in [1.82, 2.24) is 14.8 Å². The summed E-state index contributed by atoms with van der Waals surface area (Å²) < 4.78 is 6.52. The SMILES string of the molecule is O=c1[nH]ncn1CC1(O)CCOCC1. The number of aromatic nitrogens is 3. The molecule has 0 aliphatic carbocycles. The third-order valence-corrected chi connectivity index (χ3v) is 2.51. The quantitative estimate of drug-likeness (QED) is 0.647. The Kier molecular flexibility index (Phi) is 2.39. The van der Waals surface area contributed by atoms with Crippen molar-refractivity contribution >= 4 is 0 Å². The molecule has 0 bridgehead atoms. The summed E-state index contributed by atoms with van der Waals surface area (Å²) in [5.41, 5.74) is -1.11. The lowest BCUT2D eigenvalue weighted by Gasteiger charge is -2.31. The minimum atomic E-state index is -0.827. The minimum Gasteiger partial charge on any atom is -0.388 e. The molecular formula is C8H13N3O3. The van der Waals surface area contributed by atoms with Crippen LogP contribution in [0.5, 0.6) is 0 Å². The smallest absolute Gasteiger partial charge is 0.343 e. The molecule has 1 aromatic heterocycles. The van der Waals surface area contributed by atoms with Crippen LogP contribution < -0.4 is 5.69 Å². The summed E-state index contributed by atoms with van der Waals surface area (Å²) >= 11 is 0. The van der Waals surface area contributed by atoms with Gasteiger partial charge in [0.15, 0.2) is 0 Å². The molecule has 1 aromatic rings. The Labute approximate surface area is 80.5 Å². The van der Waals surface area contributed by atoms with E-state index in [1.807, 2.05) is 0 Å². The van der Waals surface area contributed by atoms with Crippen molar-refractivity contribution in [2.45, 2.75) is 25.0 Å². The average molecular weight is 199 g/mol. The maximum absolute atomic E-state index is 11.1.